The van der Waals surface area contributed by atoms with Crippen molar-refractivity contribution in [1.29, 1.82) is 0 Å². The molecular weight excluding hydrogens is 477 g/mol. The van der Waals surface area contributed by atoms with Crippen LogP contribution in [0.2, 0.25) is 0 Å². The highest BCUT2D eigenvalue weighted by Gasteiger charge is 2.09. The minimum atomic E-state index is -0.132. The Morgan fingerprint density at radius 1 is 1.33 bits per heavy atom. The van der Waals surface area contributed by atoms with Crippen LogP contribution in [-0.4, -0.2) is 56.0 Å². The highest BCUT2D eigenvalue weighted by molar-refractivity contribution is 14.0. The fraction of sp³-hybridized carbons (Fsp3) is 0.389. The first-order valence-corrected chi connectivity index (χ1v) is 9.16. The summed E-state index contributed by atoms with van der Waals surface area (Å²) in [6.07, 6.45) is 0. The van der Waals surface area contributed by atoms with E-state index in [2.05, 4.69) is 20.6 Å². The van der Waals surface area contributed by atoms with Crippen molar-refractivity contribution in [2.45, 2.75) is 13.5 Å². The maximum atomic E-state index is 12.2. The van der Waals surface area contributed by atoms with Crippen LogP contribution in [0.15, 0.2) is 34.6 Å². The number of methoxy groups -OCH3 is 1. The maximum Gasteiger partial charge on any atom is 0.251 e. The number of hydrogen-bond donors (Lipinski definition) is 2. The Morgan fingerprint density at radius 2 is 2.07 bits per heavy atom. The fourth-order valence-corrected chi connectivity index (χ4v) is 3.00. The van der Waals surface area contributed by atoms with Crippen LogP contribution in [0, 0.1) is 6.92 Å². The molecule has 1 aromatic carbocycles. The molecular formula is C18H26IN5O2S. The summed E-state index contributed by atoms with van der Waals surface area (Å²) >= 11 is 1.64. The van der Waals surface area contributed by atoms with Crippen molar-refractivity contribution in [1.82, 2.24) is 20.5 Å². The van der Waals surface area contributed by atoms with Gasteiger partial charge in [0.05, 0.1) is 24.4 Å². The third kappa shape index (κ3) is 7.33. The normalized spacial score (nSPS) is 10.7. The number of guanidine groups is 1. The third-order valence-electron chi connectivity index (χ3n) is 3.66. The van der Waals surface area contributed by atoms with E-state index in [1.54, 1.807) is 43.7 Å². The minimum Gasteiger partial charge on any atom is -0.497 e. The maximum absolute atomic E-state index is 12.2. The van der Waals surface area contributed by atoms with E-state index in [4.69, 9.17) is 4.74 Å². The van der Waals surface area contributed by atoms with Gasteiger partial charge in [0, 0.05) is 38.1 Å². The van der Waals surface area contributed by atoms with Gasteiger partial charge in [-0.05, 0) is 25.1 Å². The zero-order valence-electron chi connectivity index (χ0n) is 16.0. The summed E-state index contributed by atoms with van der Waals surface area (Å²) in [6.45, 7) is 3.73. The number of carbonyl (C=O) groups is 1. The molecule has 27 heavy (non-hydrogen) atoms. The largest absolute Gasteiger partial charge is 0.497 e. The second kappa shape index (κ2) is 11.8. The van der Waals surface area contributed by atoms with Crippen molar-refractivity contribution in [3.8, 4) is 5.75 Å². The summed E-state index contributed by atoms with van der Waals surface area (Å²) in [6, 6.07) is 7.07. The summed E-state index contributed by atoms with van der Waals surface area (Å²) in [7, 11) is 5.27. The predicted molar refractivity (Wildman–Crippen MR) is 120 cm³/mol. The summed E-state index contributed by atoms with van der Waals surface area (Å²) in [5, 5.41) is 9.22. The van der Waals surface area contributed by atoms with Gasteiger partial charge in [-0.3, -0.25) is 9.79 Å². The molecule has 0 aliphatic carbocycles. The number of carbonyl (C=O) groups excluding carboxylic acids is 1. The van der Waals surface area contributed by atoms with Crippen LogP contribution < -0.4 is 15.4 Å². The van der Waals surface area contributed by atoms with Crippen LogP contribution in [0.1, 0.15) is 21.1 Å². The van der Waals surface area contributed by atoms with E-state index in [0.717, 1.165) is 16.7 Å². The molecule has 2 aromatic rings. The number of aromatic nitrogens is 1. The van der Waals surface area contributed by atoms with Gasteiger partial charge in [0.2, 0.25) is 0 Å². The molecule has 0 radical (unpaired) electrons. The van der Waals surface area contributed by atoms with Crippen molar-refractivity contribution >= 4 is 47.2 Å². The molecule has 0 aliphatic heterocycles. The van der Waals surface area contributed by atoms with Gasteiger partial charge in [-0.2, -0.15) is 0 Å². The smallest absolute Gasteiger partial charge is 0.251 e. The lowest BCUT2D eigenvalue weighted by atomic mass is 10.2. The van der Waals surface area contributed by atoms with Crippen LogP contribution in [0.25, 0.3) is 0 Å². The standard InChI is InChI=1S/C18H25N5O2S.HI/c1-13-22-15(12-26-13)11-23(3)18(19-2)21-9-8-20-17(24)14-6-5-7-16(10-14)25-4;/h5-7,10,12H,8-9,11H2,1-4H3,(H,19,21)(H,20,24);1H. The number of amides is 1. The first kappa shape index (κ1) is 23.2. The van der Waals surface area contributed by atoms with Crippen LogP contribution in [0.3, 0.4) is 0 Å². The first-order valence-electron chi connectivity index (χ1n) is 8.28. The quantitative estimate of drug-likeness (QED) is 0.263. The SMILES string of the molecule is CN=C(NCCNC(=O)c1cccc(OC)c1)N(C)Cc1csc(C)n1.I. The molecule has 2 rings (SSSR count). The average molecular weight is 503 g/mol. The number of thiazole rings is 1. The molecule has 1 aromatic heterocycles. The number of aryl methyl sites for hydroxylation is 1. The molecule has 0 fully saturated rings. The zero-order valence-corrected chi connectivity index (χ0v) is 19.1. The summed E-state index contributed by atoms with van der Waals surface area (Å²) in [5.41, 5.74) is 1.59. The van der Waals surface area contributed by atoms with Gasteiger partial charge in [-0.25, -0.2) is 4.98 Å². The zero-order chi connectivity index (χ0) is 18.9. The van der Waals surface area contributed by atoms with Gasteiger partial charge in [0.25, 0.3) is 5.91 Å². The van der Waals surface area contributed by atoms with Crippen LogP contribution in [0.4, 0.5) is 0 Å². The van der Waals surface area contributed by atoms with Crippen molar-refractivity contribution in [2.75, 3.05) is 34.3 Å². The van der Waals surface area contributed by atoms with Gasteiger partial charge in [0.1, 0.15) is 5.75 Å². The van der Waals surface area contributed by atoms with Gasteiger partial charge in [-0.15, -0.1) is 35.3 Å². The van der Waals surface area contributed by atoms with E-state index in [1.807, 2.05) is 30.3 Å². The Labute approximate surface area is 181 Å². The molecule has 7 nitrogen and oxygen atoms in total. The van der Waals surface area contributed by atoms with E-state index in [-0.39, 0.29) is 29.9 Å². The van der Waals surface area contributed by atoms with E-state index < -0.39 is 0 Å². The number of ether oxygens (including phenoxy) is 1. The molecule has 9 heteroatoms. The molecule has 1 amide bonds. The number of rotatable bonds is 7. The second-order valence-corrected chi connectivity index (χ2v) is 6.74. The predicted octanol–water partition coefficient (Wildman–Crippen LogP) is 2.52. The number of nitrogens with one attached hydrogen (secondary N) is 2. The minimum absolute atomic E-state index is 0. The average Bonchev–Trinajstić information content (AvgIpc) is 3.06. The highest BCUT2D eigenvalue weighted by Crippen LogP contribution is 2.12. The molecule has 0 atom stereocenters. The van der Waals surface area contributed by atoms with Gasteiger partial charge in [-0.1, -0.05) is 6.07 Å². The molecule has 1 heterocycles. The Bertz CT molecular complexity index is 766. The van der Waals surface area contributed by atoms with Crippen molar-refractivity contribution in [2.24, 2.45) is 4.99 Å². The van der Waals surface area contributed by atoms with E-state index >= 15 is 0 Å². The van der Waals surface area contributed by atoms with Gasteiger partial charge in [0.15, 0.2) is 5.96 Å². The third-order valence-corrected chi connectivity index (χ3v) is 4.49. The lowest BCUT2D eigenvalue weighted by Crippen LogP contribution is -2.42. The summed E-state index contributed by atoms with van der Waals surface area (Å²) in [5.74, 6) is 1.29. The molecule has 0 aliphatic rings. The topological polar surface area (TPSA) is 78.8 Å². The number of benzene rings is 1. The molecule has 0 saturated heterocycles. The van der Waals surface area contributed by atoms with E-state index in [9.17, 15) is 4.79 Å². The van der Waals surface area contributed by atoms with Crippen LogP contribution in [0.5, 0.6) is 5.75 Å². The Morgan fingerprint density at radius 3 is 2.70 bits per heavy atom. The lowest BCUT2D eigenvalue weighted by Gasteiger charge is -2.21. The number of halogens is 1. The number of nitrogens with zero attached hydrogens (tertiary/aromatic N) is 3. The Kier molecular flexibility index (Phi) is 10.1. The van der Waals surface area contributed by atoms with Crippen LogP contribution in [-0.2, 0) is 6.54 Å². The summed E-state index contributed by atoms with van der Waals surface area (Å²) < 4.78 is 5.14. The first-order chi connectivity index (χ1) is 12.5. The molecule has 0 saturated carbocycles. The molecule has 148 valence electrons. The van der Waals surface area contributed by atoms with Crippen molar-refractivity contribution in [3.63, 3.8) is 0 Å². The van der Waals surface area contributed by atoms with E-state index in [0.29, 0.717) is 30.9 Å². The van der Waals surface area contributed by atoms with Gasteiger partial charge >= 0.3 is 0 Å². The Balaban J connectivity index is 0.00000364. The molecule has 0 unspecified atom stereocenters. The highest BCUT2D eigenvalue weighted by atomic mass is 127. The fourth-order valence-electron chi connectivity index (χ4n) is 2.40. The Hall–Kier alpha value is -1.88. The molecule has 2 N–H and O–H groups in total. The van der Waals surface area contributed by atoms with Crippen molar-refractivity contribution < 1.29 is 9.53 Å². The lowest BCUT2D eigenvalue weighted by molar-refractivity contribution is 0.0954. The van der Waals surface area contributed by atoms with Crippen molar-refractivity contribution in [3.05, 3.63) is 45.9 Å². The monoisotopic (exact) mass is 503 g/mol. The number of hydrogen-bond acceptors (Lipinski definition) is 5. The van der Waals surface area contributed by atoms with E-state index in [1.165, 1.54) is 0 Å². The van der Waals surface area contributed by atoms with Crippen LogP contribution >= 0.6 is 35.3 Å². The van der Waals surface area contributed by atoms with Gasteiger partial charge < -0.3 is 20.3 Å². The molecule has 0 bridgehead atoms. The summed E-state index contributed by atoms with van der Waals surface area (Å²) in [4.78, 5) is 22.9. The molecule has 0 spiro atoms. The number of aliphatic imine (C=N–C) groups is 1. The second-order valence-electron chi connectivity index (χ2n) is 5.68.